The standard InChI is InChI=1S/C2H3.ClH.Sm/c1-2;;/h1H,2H2;1H;. The molecule has 0 rings (SSSR count). The number of hydrogen-bond acceptors (Lipinski definition) is 0. The molecule has 0 aliphatic carbocycles. The van der Waals surface area contributed by atoms with Crippen LogP contribution < -0.4 is 0 Å². The zero-order chi connectivity index (χ0) is 2.71. The maximum absolute atomic E-state index is 3.40. The molecule has 0 N–H and O–H groups in total. The van der Waals surface area contributed by atoms with Crippen molar-refractivity contribution in [3.8, 4) is 0 Å². The fourth-order valence-corrected chi connectivity index (χ4v) is 0. The SMILES string of the molecule is C=[CH][Sm].Cl. The van der Waals surface area contributed by atoms with Crippen LogP contribution in [0.15, 0.2) is 8.37 Å². The van der Waals surface area contributed by atoms with E-state index >= 15 is 0 Å². The van der Waals surface area contributed by atoms with Crippen molar-refractivity contribution < 1.29 is 38.3 Å². The molecule has 0 heterocycles. The van der Waals surface area contributed by atoms with Crippen LogP contribution in [0.5, 0.6) is 0 Å². The van der Waals surface area contributed by atoms with Crippen molar-refractivity contribution >= 4 is 12.4 Å². The van der Waals surface area contributed by atoms with Crippen molar-refractivity contribution in [1.29, 1.82) is 0 Å². The summed E-state index contributed by atoms with van der Waals surface area (Å²) >= 11 is 1.44. The minimum atomic E-state index is 0. The molecule has 0 fully saturated rings. The van der Waals surface area contributed by atoms with E-state index in [4.69, 9.17) is 0 Å². The van der Waals surface area contributed by atoms with E-state index in [9.17, 15) is 0 Å². The minimum Gasteiger partial charge on any atom is -0.147 e. The third-order valence-corrected chi connectivity index (χ3v) is 0. The van der Waals surface area contributed by atoms with Gasteiger partial charge in [-0.15, -0.1) is 12.4 Å². The summed E-state index contributed by atoms with van der Waals surface area (Å²) in [5.41, 5.74) is 0. The van der Waals surface area contributed by atoms with Gasteiger partial charge in [-0.2, -0.15) is 0 Å². The van der Waals surface area contributed by atoms with Crippen molar-refractivity contribution in [1.82, 2.24) is 0 Å². The normalized spacial score (nSPS) is 3.00. The molecule has 0 nitrogen and oxygen atoms in total. The molecule has 0 aromatic carbocycles. The molecule has 0 radical (unpaired) electrons. The van der Waals surface area contributed by atoms with E-state index in [-0.39, 0.29) is 12.4 Å². The Morgan fingerprint density at radius 1 is 1.75 bits per heavy atom. The maximum atomic E-state index is 3.40. The zero-order valence-electron chi connectivity index (χ0n) is 2.10. The predicted octanol–water partition coefficient (Wildman–Crippen LogP) is 1.10. The van der Waals surface area contributed by atoms with Gasteiger partial charge in [0.2, 0.25) is 0 Å². The molecule has 0 aromatic heterocycles. The molecule has 0 saturated heterocycles. The average Bonchev–Trinajstić information content (AvgIpc) is 0.918. The quantitative estimate of drug-likeness (QED) is 0.566. The van der Waals surface area contributed by atoms with E-state index in [1.165, 1.54) is 38.3 Å². The molecule has 0 unspecified atom stereocenters. The first-order chi connectivity index (χ1) is 1.41. The largest absolute Gasteiger partial charge is 0.147 e. The topological polar surface area (TPSA) is 0 Å². The summed E-state index contributed by atoms with van der Waals surface area (Å²) in [5, 5.41) is 0. The first kappa shape index (κ1) is 9.03. The monoisotopic (exact) mass is 215 g/mol. The molecular formula is C2H4ClSm. The molecule has 2 heteroatoms. The molecule has 0 aliphatic rings. The summed E-state index contributed by atoms with van der Waals surface area (Å²) in [6.07, 6.45) is 0. The van der Waals surface area contributed by atoms with E-state index in [0.29, 0.717) is 0 Å². The van der Waals surface area contributed by atoms with Gasteiger partial charge in [0.25, 0.3) is 0 Å². The van der Waals surface area contributed by atoms with Crippen LogP contribution in [0.2, 0.25) is 0 Å². The van der Waals surface area contributed by atoms with Gasteiger partial charge in [-0.3, -0.25) is 0 Å². The van der Waals surface area contributed by atoms with Crippen molar-refractivity contribution in [2.45, 2.75) is 0 Å². The molecule has 0 aromatic rings. The Balaban J connectivity index is 0. The molecular weight excluding hydrogens is 210 g/mol. The molecule has 25 valence electrons. The van der Waals surface area contributed by atoms with Gasteiger partial charge in [0.05, 0.1) is 0 Å². The second-order valence-corrected chi connectivity index (χ2v) is 1.24. The minimum absolute atomic E-state index is 0. The van der Waals surface area contributed by atoms with Gasteiger partial charge in [0.1, 0.15) is 0 Å². The van der Waals surface area contributed by atoms with Crippen LogP contribution in [0, 0.1) is 38.3 Å². The van der Waals surface area contributed by atoms with Crippen molar-refractivity contribution in [2.24, 2.45) is 0 Å². The van der Waals surface area contributed by atoms with Crippen LogP contribution in [0.4, 0.5) is 0 Å². The summed E-state index contributed by atoms with van der Waals surface area (Å²) in [7, 11) is 0. The fourth-order valence-electron chi connectivity index (χ4n) is 0. The molecule has 0 aliphatic heterocycles. The summed E-state index contributed by atoms with van der Waals surface area (Å²) in [5.74, 6) is 0. The molecule has 4 heavy (non-hydrogen) atoms. The van der Waals surface area contributed by atoms with Gasteiger partial charge >= 0.3 is 46.7 Å². The van der Waals surface area contributed by atoms with Crippen LogP contribution in [0.25, 0.3) is 0 Å². The van der Waals surface area contributed by atoms with E-state index < -0.39 is 0 Å². The van der Waals surface area contributed by atoms with Crippen molar-refractivity contribution in [3.63, 3.8) is 0 Å². The van der Waals surface area contributed by atoms with Crippen molar-refractivity contribution in [2.75, 3.05) is 0 Å². The van der Waals surface area contributed by atoms with Crippen LogP contribution in [0.3, 0.4) is 0 Å². The number of halogens is 1. The first-order valence-electron chi connectivity index (χ1n) is 0.644. The molecule has 0 amide bonds. The van der Waals surface area contributed by atoms with Crippen LogP contribution in [0.1, 0.15) is 0 Å². The van der Waals surface area contributed by atoms with Gasteiger partial charge in [-0.05, 0) is 0 Å². The summed E-state index contributed by atoms with van der Waals surface area (Å²) < 4.78 is 1.83. The Morgan fingerprint density at radius 3 is 1.75 bits per heavy atom. The zero-order valence-corrected chi connectivity index (χ0v) is 5.54. The second-order valence-electron chi connectivity index (χ2n) is 0.167. The predicted molar refractivity (Wildman–Crippen MR) is 17.4 cm³/mol. The molecule has 0 spiro atoms. The van der Waals surface area contributed by atoms with Crippen LogP contribution >= 0.6 is 12.4 Å². The Morgan fingerprint density at radius 2 is 1.75 bits per heavy atom. The third-order valence-electron chi connectivity index (χ3n) is 0. The van der Waals surface area contributed by atoms with Crippen LogP contribution in [-0.2, 0) is 0 Å². The summed E-state index contributed by atoms with van der Waals surface area (Å²) in [6, 6.07) is 0. The van der Waals surface area contributed by atoms with Crippen LogP contribution in [-0.4, -0.2) is 0 Å². The fraction of sp³-hybridized carbons (Fsp3) is 0. The van der Waals surface area contributed by atoms with Gasteiger partial charge in [0.15, 0.2) is 0 Å². The third kappa shape index (κ3) is 10.1. The van der Waals surface area contributed by atoms with E-state index in [1.54, 1.807) is 0 Å². The Labute approximate surface area is 58.3 Å². The number of rotatable bonds is 0. The molecule has 0 saturated carbocycles. The van der Waals surface area contributed by atoms with Gasteiger partial charge < -0.3 is 0 Å². The van der Waals surface area contributed by atoms with E-state index in [0.717, 1.165) is 0 Å². The molecule has 0 atom stereocenters. The Hall–Kier alpha value is 1.37. The van der Waals surface area contributed by atoms with Gasteiger partial charge in [0, 0.05) is 0 Å². The summed E-state index contributed by atoms with van der Waals surface area (Å²) in [4.78, 5) is 0. The molecule has 0 bridgehead atoms. The van der Waals surface area contributed by atoms with E-state index in [1.807, 2.05) is 1.79 Å². The second kappa shape index (κ2) is 8.84. The van der Waals surface area contributed by atoms with Gasteiger partial charge in [-0.25, -0.2) is 0 Å². The maximum Gasteiger partial charge on any atom is -0.147 e. The van der Waals surface area contributed by atoms with E-state index in [2.05, 4.69) is 6.58 Å². The first-order valence-corrected chi connectivity index (χ1v) is 2.16. The summed E-state index contributed by atoms with van der Waals surface area (Å²) in [6.45, 7) is 3.40. The van der Waals surface area contributed by atoms with Gasteiger partial charge in [-0.1, -0.05) is 0 Å². The number of hydrogen-bond donors (Lipinski definition) is 0. The van der Waals surface area contributed by atoms with Crippen molar-refractivity contribution in [3.05, 3.63) is 8.37 Å². The Kier molecular flexibility index (Phi) is 19.9. The Bertz CT molecular complexity index is 13.5. The average molecular weight is 214 g/mol. The smallest absolute Gasteiger partial charge is 0.147 e.